The zero-order chi connectivity index (χ0) is 22.3. The van der Waals surface area contributed by atoms with Gasteiger partial charge in [0.05, 0.1) is 13.0 Å². The van der Waals surface area contributed by atoms with Crippen molar-refractivity contribution in [1.29, 1.82) is 0 Å². The number of carbonyl (C=O) groups excluding carboxylic acids is 1. The molecule has 1 unspecified atom stereocenters. The summed E-state index contributed by atoms with van der Waals surface area (Å²) in [5.41, 5.74) is 1.61. The van der Waals surface area contributed by atoms with E-state index in [1.54, 1.807) is 0 Å². The number of carboxylic acids is 1. The number of carbonyl (C=O) groups is 2. The summed E-state index contributed by atoms with van der Waals surface area (Å²) >= 11 is 0. The van der Waals surface area contributed by atoms with Crippen LogP contribution in [-0.4, -0.2) is 30.3 Å². The predicted molar refractivity (Wildman–Crippen MR) is 120 cm³/mol. The summed E-state index contributed by atoms with van der Waals surface area (Å²) in [5, 5.41) is 12.2. The molecule has 1 heterocycles. The molecule has 31 heavy (non-hydrogen) atoms. The molecular formula is C25H35NO5. The van der Waals surface area contributed by atoms with Crippen LogP contribution in [-0.2, 0) is 11.2 Å². The van der Waals surface area contributed by atoms with Crippen LogP contribution in [0.5, 0.6) is 11.5 Å². The van der Waals surface area contributed by atoms with E-state index >= 15 is 0 Å². The van der Waals surface area contributed by atoms with Gasteiger partial charge in [0.1, 0.15) is 11.5 Å². The van der Waals surface area contributed by atoms with Gasteiger partial charge in [-0.05, 0) is 55.7 Å². The average molecular weight is 430 g/mol. The van der Waals surface area contributed by atoms with Crippen LogP contribution in [0.15, 0.2) is 24.3 Å². The van der Waals surface area contributed by atoms with Crippen molar-refractivity contribution >= 4 is 12.1 Å². The molecule has 0 saturated heterocycles. The van der Waals surface area contributed by atoms with Crippen LogP contribution in [0.2, 0.25) is 0 Å². The Morgan fingerprint density at radius 1 is 1.29 bits per heavy atom. The number of rotatable bonds is 8. The third-order valence-corrected chi connectivity index (χ3v) is 6.44. The van der Waals surface area contributed by atoms with Crippen molar-refractivity contribution in [3.8, 4) is 11.5 Å². The third kappa shape index (κ3) is 6.02. The second-order valence-corrected chi connectivity index (χ2v) is 8.90. The Kier molecular flexibility index (Phi) is 7.99. The van der Waals surface area contributed by atoms with Crippen molar-refractivity contribution in [3.05, 3.63) is 35.4 Å². The molecule has 2 aliphatic rings. The number of hydrogen-bond acceptors (Lipinski definition) is 4. The summed E-state index contributed by atoms with van der Waals surface area (Å²) in [5.74, 6) is 0.656. The molecule has 1 saturated carbocycles. The fourth-order valence-electron chi connectivity index (χ4n) is 4.96. The highest BCUT2D eigenvalue weighted by molar-refractivity contribution is 5.72. The number of fused-ring (bicyclic) bond motifs is 1. The second-order valence-electron chi connectivity index (χ2n) is 8.90. The molecule has 170 valence electrons. The standard InChI is InChI=1S/C25H35NO5/c1-3-8-18-14-20-23(19(9-4-2)10-13-30-20)21(15-18)31-24(29)26-17-25(16-22(27)28)11-6-5-7-12-25/h4,9,14-15,19H,3,5-8,10-13,16-17H2,1-2H3,(H,26,29)(H,27,28)/b9-4+. The fraction of sp³-hybridized carbons (Fsp3) is 0.600. The summed E-state index contributed by atoms with van der Waals surface area (Å²) in [6.07, 6.45) is 11.1. The van der Waals surface area contributed by atoms with E-state index in [9.17, 15) is 14.7 Å². The number of allylic oxidation sites excluding steroid dienone is 2. The lowest BCUT2D eigenvalue weighted by Gasteiger charge is -2.36. The zero-order valence-electron chi connectivity index (χ0n) is 18.7. The number of hydrogen-bond donors (Lipinski definition) is 2. The van der Waals surface area contributed by atoms with Gasteiger partial charge in [-0.3, -0.25) is 4.79 Å². The van der Waals surface area contributed by atoms with Gasteiger partial charge < -0.3 is 19.9 Å². The average Bonchev–Trinajstić information content (AvgIpc) is 2.73. The highest BCUT2D eigenvalue weighted by Gasteiger charge is 2.35. The van der Waals surface area contributed by atoms with Gasteiger partial charge in [0.2, 0.25) is 0 Å². The van der Waals surface area contributed by atoms with Crippen LogP contribution < -0.4 is 14.8 Å². The van der Waals surface area contributed by atoms with Crippen molar-refractivity contribution in [1.82, 2.24) is 5.32 Å². The van der Waals surface area contributed by atoms with Crippen molar-refractivity contribution < 1.29 is 24.2 Å². The van der Waals surface area contributed by atoms with Crippen molar-refractivity contribution in [2.24, 2.45) is 5.41 Å². The summed E-state index contributed by atoms with van der Waals surface area (Å²) in [6, 6.07) is 4.00. The molecule has 1 aliphatic heterocycles. The van der Waals surface area contributed by atoms with Gasteiger partial charge in [-0.15, -0.1) is 0 Å². The van der Waals surface area contributed by atoms with Gasteiger partial charge in [0.15, 0.2) is 0 Å². The van der Waals surface area contributed by atoms with Crippen LogP contribution in [0, 0.1) is 5.41 Å². The molecule has 3 rings (SSSR count). The van der Waals surface area contributed by atoms with E-state index in [4.69, 9.17) is 9.47 Å². The molecule has 1 aromatic carbocycles. The summed E-state index contributed by atoms with van der Waals surface area (Å²) in [4.78, 5) is 24.2. The Bertz CT molecular complexity index is 810. The molecule has 1 aliphatic carbocycles. The number of benzene rings is 1. The quantitative estimate of drug-likeness (QED) is 0.526. The van der Waals surface area contributed by atoms with E-state index < -0.39 is 12.1 Å². The normalized spacial score (nSPS) is 20.0. The van der Waals surface area contributed by atoms with Crippen LogP contribution in [0.3, 0.4) is 0 Å². The van der Waals surface area contributed by atoms with Crippen molar-refractivity contribution in [2.75, 3.05) is 13.2 Å². The number of carboxylic acid groups (broad SMARTS) is 1. The lowest BCUT2D eigenvalue weighted by molar-refractivity contribution is -0.140. The molecule has 6 nitrogen and oxygen atoms in total. The number of aliphatic carboxylic acids is 1. The van der Waals surface area contributed by atoms with E-state index in [2.05, 4.69) is 24.4 Å². The number of ether oxygens (including phenoxy) is 2. The topological polar surface area (TPSA) is 84.9 Å². The van der Waals surface area contributed by atoms with E-state index in [-0.39, 0.29) is 17.8 Å². The molecule has 0 aromatic heterocycles. The summed E-state index contributed by atoms with van der Waals surface area (Å²) < 4.78 is 11.7. The smallest absolute Gasteiger partial charge is 0.412 e. The van der Waals surface area contributed by atoms with E-state index in [1.807, 2.05) is 19.1 Å². The van der Waals surface area contributed by atoms with Gasteiger partial charge in [0, 0.05) is 18.0 Å². The maximum absolute atomic E-state index is 12.8. The lowest BCUT2D eigenvalue weighted by Crippen LogP contribution is -2.41. The SMILES string of the molecule is C/C=C/C1CCOc2cc(CCC)cc(OC(=O)NCC3(CC(=O)O)CCCCC3)c21. The van der Waals surface area contributed by atoms with Gasteiger partial charge in [-0.1, -0.05) is 44.8 Å². The maximum atomic E-state index is 12.8. The first-order chi connectivity index (χ1) is 15.0. The van der Waals surface area contributed by atoms with E-state index in [1.165, 1.54) is 0 Å². The van der Waals surface area contributed by atoms with Gasteiger partial charge in [-0.25, -0.2) is 4.79 Å². The van der Waals surface area contributed by atoms with Gasteiger partial charge in [0.25, 0.3) is 0 Å². The Labute approximate surface area is 185 Å². The minimum Gasteiger partial charge on any atom is -0.493 e. The molecule has 2 N–H and O–H groups in total. The molecular weight excluding hydrogens is 394 g/mol. The zero-order valence-corrected chi connectivity index (χ0v) is 18.7. The van der Waals surface area contributed by atoms with E-state index in [0.29, 0.717) is 18.9 Å². The first-order valence-electron chi connectivity index (χ1n) is 11.6. The van der Waals surface area contributed by atoms with Crippen molar-refractivity contribution in [3.63, 3.8) is 0 Å². The molecule has 6 heteroatoms. The third-order valence-electron chi connectivity index (χ3n) is 6.44. The lowest BCUT2D eigenvalue weighted by atomic mass is 9.72. The Morgan fingerprint density at radius 3 is 2.74 bits per heavy atom. The molecule has 1 amide bonds. The molecule has 1 aromatic rings. The highest BCUT2D eigenvalue weighted by Crippen LogP contribution is 2.43. The molecule has 1 atom stereocenters. The summed E-state index contributed by atoms with van der Waals surface area (Å²) in [6.45, 7) is 5.06. The fourth-order valence-corrected chi connectivity index (χ4v) is 4.96. The van der Waals surface area contributed by atoms with E-state index in [0.717, 1.165) is 68.2 Å². The monoisotopic (exact) mass is 429 g/mol. The van der Waals surface area contributed by atoms with Crippen LogP contribution in [0.25, 0.3) is 0 Å². The largest absolute Gasteiger partial charge is 0.493 e. The Morgan fingerprint density at radius 2 is 2.06 bits per heavy atom. The number of aryl methyl sites for hydroxylation is 1. The van der Waals surface area contributed by atoms with Crippen molar-refractivity contribution in [2.45, 2.75) is 77.6 Å². The highest BCUT2D eigenvalue weighted by atomic mass is 16.6. The summed E-state index contributed by atoms with van der Waals surface area (Å²) in [7, 11) is 0. The minimum atomic E-state index is -0.815. The maximum Gasteiger partial charge on any atom is 0.412 e. The first-order valence-corrected chi connectivity index (χ1v) is 11.6. The second kappa shape index (κ2) is 10.7. The molecule has 0 bridgehead atoms. The molecule has 0 radical (unpaired) electrons. The number of nitrogens with one attached hydrogen (secondary N) is 1. The minimum absolute atomic E-state index is 0.0753. The van der Waals surface area contributed by atoms with Crippen LogP contribution in [0.1, 0.15) is 82.3 Å². The Hall–Kier alpha value is -2.50. The predicted octanol–water partition coefficient (Wildman–Crippen LogP) is 5.59. The van der Waals surface area contributed by atoms with Gasteiger partial charge >= 0.3 is 12.1 Å². The Balaban J connectivity index is 1.78. The van der Waals surface area contributed by atoms with Crippen LogP contribution >= 0.6 is 0 Å². The molecule has 1 fully saturated rings. The first kappa shape index (κ1) is 23.2. The number of amides is 1. The molecule has 0 spiro atoms. The van der Waals surface area contributed by atoms with Gasteiger partial charge in [-0.2, -0.15) is 0 Å². The van der Waals surface area contributed by atoms with Crippen LogP contribution in [0.4, 0.5) is 4.79 Å².